The number of carbonyl (C=O) groups excluding carboxylic acids is 2. The van der Waals surface area contributed by atoms with Gasteiger partial charge in [-0.2, -0.15) is 0 Å². The zero-order valence-electron chi connectivity index (χ0n) is 10.4. The van der Waals surface area contributed by atoms with Crippen LogP contribution in [0.25, 0.3) is 0 Å². The van der Waals surface area contributed by atoms with Crippen molar-refractivity contribution in [2.24, 2.45) is 11.8 Å². The summed E-state index contributed by atoms with van der Waals surface area (Å²) in [7, 11) is 0. The lowest BCUT2D eigenvalue weighted by atomic mass is 10.1. The van der Waals surface area contributed by atoms with Crippen molar-refractivity contribution >= 4 is 17.9 Å². The number of urea groups is 1. The van der Waals surface area contributed by atoms with Crippen LogP contribution in [-0.4, -0.2) is 42.6 Å². The average molecular weight is 257 g/mol. The van der Waals surface area contributed by atoms with Gasteiger partial charge in [0, 0.05) is 6.54 Å². The second kappa shape index (κ2) is 6.83. The van der Waals surface area contributed by atoms with E-state index in [4.69, 9.17) is 5.11 Å². The Hall–Kier alpha value is -1.79. The first kappa shape index (κ1) is 14.3. The SMILES string of the molecule is CC(CNC(=O)NCC(=O)NCC(=O)O)C1CC1. The molecule has 18 heavy (non-hydrogen) atoms. The number of hydrogen-bond acceptors (Lipinski definition) is 3. The summed E-state index contributed by atoms with van der Waals surface area (Å²) in [5.74, 6) is -0.477. The number of hydrogen-bond donors (Lipinski definition) is 4. The lowest BCUT2D eigenvalue weighted by Crippen LogP contribution is -2.44. The summed E-state index contributed by atoms with van der Waals surface area (Å²) in [6, 6.07) is -0.409. The van der Waals surface area contributed by atoms with Crippen LogP contribution in [0.2, 0.25) is 0 Å². The molecule has 1 unspecified atom stereocenters. The molecule has 7 nitrogen and oxygen atoms in total. The van der Waals surface area contributed by atoms with Crippen LogP contribution >= 0.6 is 0 Å². The minimum Gasteiger partial charge on any atom is -0.480 e. The van der Waals surface area contributed by atoms with Gasteiger partial charge in [-0.1, -0.05) is 6.92 Å². The van der Waals surface area contributed by atoms with Crippen molar-refractivity contribution in [2.45, 2.75) is 19.8 Å². The van der Waals surface area contributed by atoms with E-state index in [0.717, 1.165) is 0 Å². The molecule has 0 saturated heterocycles. The molecule has 0 heterocycles. The molecular formula is C11H19N3O4. The molecule has 1 aliphatic carbocycles. The van der Waals surface area contributed by atoms with Crippen LogP contribution in [0.5, 0.6) is 0 Å². The fourth-order valence-electron chi connectivity index (χ4n) is 1.55. The van der Waals surface area contributed by atoms with Gasteiger partial charge in [-0.05, 0) is 24.7 Å². The summed E-state index contributed by atoms with van der Waals surface area (Å²) in [6.45, 7) is 2.00. The Labute approximate surface area is 105 Å². The van der Waals surface area contributed by atoms with Crippen LogP contribution in [0.15, 0.2) is 0 Å². The summed E-state index contributed by atoms with van der Waals surface area (Å²) in [5, 5.41) is 15.5. The van der Waals surface area contributed by atoms with Gasteiger partial charge >= 0.3 is 12.0 Å². The molecule has 0 bridgehead atoms. The molecule has 0 radical (unpaired) electrons. The van der Waals surface area contributed by atoms with E-state index in [-0.39, 0.29) is 6.54 Å². The van der Waals surface area contributed by atoms with E-state index in [9.17, 15) is 14.4 Å². The minimum atomic E-state index is -1.12. The van der Waals surface area contributed by atoms with Gasteiger partial charge in [0.2, 0.25) is 5.91 Å². The van der Waals surface area contributed by atoms with E-state index in [1.807, 2.05) is 0 Å². The smallest absolute Gasteiger partial charge is 0.322 e. The van der Waals surface area contributed by atoms with Crippen LogP contribution in [-0.2, 0) is 9.59 Å². The molecule has 1 saturated carbocycles. The number of carboxylic acid groups (broad SMARTS) is 1. The third kappa shape index (κ3) is 6.07. The fourth-order valence-corrected chi connectivity index (χ4v) is 1.55. The van der Waals surface area contributed by atoms with Crippen molar-refractivity contribution in [3.8, 4) is 0 Å². The van der Waals surface area contributed by atoms with Crippen molar-refractivity contribution < 1.29 is 19.5 Å². The first-order valence-corrected chi connectivity index (χ1v) is 5.99. The molecule has 0 aromatic carbocycles. The van der Waals surface area contributed by atoms with E-state index in [1.165, 1.54) is 12.8 Å². The summed E-state index contributed by atoms with van der Waals surface area (Å²) in [4.78, 5) is 32.6. The number of rotatable bonds is 7. The maximum Gasteiger partial charge on any atom is 0.322 e. The van der Waals surface area contributed by atoms with E-state index in [1.54, 1.807) is 0 Å². The summed E-state index contributed by atoms with van der Waals surface area (Å²) < 4.78 is 0. The van der Waals surface area contributed by atoms with Crippen LogP contribution in [0.3, 0.4) is 0 Å². The Balaban J connectivity index is 2.04. The van der Waals surface area contributed by atoms with Crippen molar-refractivity contribution in [2.75, 3.05) is 19.6 Å². The number of aliphatic carboxylic acids is 1. The van der Waals surface area contributed by atoms with Crippen LogP contribution in [0.4, 0.5) is 4.79 Å². The van der Waals surface area contributed by atoms with E-state index in [2.05, 4.69) is 22.9 Å². The molecule has 3 amide bonds. The molecule has 0 spiro atoms. The molecule has 1 atom stereocenters. The molecule has 1 rings (SSSR count). The fraction of sp³-hybridized carbons (Fsp3) is 0.727. The Morgan fingerprint density at radius 3 is 2.39 bits per heavy atom. The lowest BCUT2D eigenvalue weighted by molar-refractivity contribution is -0.137. The van der Waals surface area contributed by atoms with Crippen molar-refractivity contribution in [3.05, 3.63) is 0 Å². The third-order valence-electron chi connectivity index (χ3n) is 2.86. The predicted octanol–water partition coefficient (Wildman–Crippen LogP) is -0.467. The van der Waals surface area contributed by atoms with Gasteiger partial charge in [-0.25, -0.2) is 4.79 Å². The van der Waals surface area contributed by atoms with Gasteiger partial charge in [0.15, 0.2) is 0 Å². The van der Waals surface area contributed by atoms with E-state index in [0.29, 0.717) is 18.4 Å². The minimum absolute atomic E-state index is 0.225. The molecular weight excluding hydrogens is 238 g/mol. The summed E-state index contributed by atoms with van der Waals surface area (Å²) in [5.41, 5.74) is 0. The van der Waals surface area contributed by atoms with Crippen LogP contribution in [0, 0.1) is 11.8 Å². The van der Waals surface area contributed by atoms with Crippen molar-refractivity contribution in [1.29, 1.82) is 0 Å². The molecule has 0 aromatic rings. The topological polar surface area (TPSA) is 108 Å². The van der Waals surface area contributed by atoms with E-state index < -0.39 is 24.5 Å². The first-order chi connectivity index (χ1) is 8.49. The van der Waals surface area contributed by atoms with Crippen molar-refractivity contribution in [1.82, 2.24) is 16.0 Å². The quantitative estimate of drug-likeness (QED) is 0.494. The number of carbonyl (C=O) groups is 3. The maximum atomic E-state index is 11.3. The number of nitrogens with one attached hydrogen (secondary N) is 3. The van der Waals surface area contributed by atoms with E-state index >= 15 is 0 Å². The predicted molar refractivity (Wildman–Crippen MR) is 63.9 cm³/mol. The molecule has 0 aliphatic heterocycles. The highest BCUT2D eigenvalue weighted by Crippen LogP contribution is 2.35. The Kier molecular flexibility index (Phi) is 5.41. The highest BCUT2D eigenvalue weighted by molar-refractivity contribution is 5.86. The molecule has 0 aromatic heterocycles. The highest BCUT2D eigenvalue weighted by atomic mass is 16.4. The Bertz CT molecular complexity index is 328. The average Bonchev–Trinajstić information content (AvgIpc) is 3.14. The number of amides is 3. The van der Waals surface area contributed by atoms with Gasteiger partial charge in [0.25, 0.3) is 0 Å². The Morgan fingerprint density at radius 1 is 1.17 bits per heavy atom. The summed E-state index contributed by atoms with van der Waals surface area (Å²) >= 11 is 0. The highest BCUT2D eigenvalue weighted by Gasteiger charge is 2.27. The molecule has 7 heteroatoms. The largest absolute Gasteiger partial charge is 0.480 e. The molecule has 1 fully saturated rings. The lowest BCUT2D eigenvalue weighted by Gasteiger charge is -2.12. The zero-order valence-corrected chi connectivity index (χ0v) is 10.4. The molecule has 102 valence electrons. The third-order valence-corrected chi connectivity index (χ3v) is 2.86. The molecule has 4 N–H and O–H groups in total. The van der Waals surface area contributed by atoms with Crippen molar-refractivity contribution in [3.63, 3.8) is 0 Å². The van der Waals surface area contributed by atoms with Gasteiger partial charge in [0.1, 0.15) is 6.54 Å². The molecule has 1 aliphatic rings. The zero-order chi connectivity index (χ0) is 13.5. The van der Waals surface area contributed by atoms with Gasteiger partial charge in [-0.3, -0.25) is 9.59 Å². The summed E-state index contributed by atoms with van der Waals surface area (Å²) in [6.07, 6.45) is 2.45. The second-order valence-electron chi connectivity index (χ2n) is 4.55. The van der Waals surface area contributed by atoms with Crippen LogP contribution < -0.4 is 16.0 Å². The van der Waals surface area contributed by atoms with Gasteiger partial charge in [0.05, 0.1) is 6.54 Å². The monoisotopic (exact) mass is 257 g/mol. The van der Waals surface area contributed by atoms with Gasteiger partial charge in [-0.15, -0.1) is 0 Å². The maximum absolute atomic E-state index is 11.3. The standard InChI is InChI=1S/C11H19N3O4/c1-7(8-2-3-8)4-13-11(18)14-5-9(15)12-6-10(16)17/h7-8H,2-6H2,1H3,(H,12,15)(H,16,17)(H2,13,14,18). The number of carboxylic acids is 1. The normalized spacial score (nSPS) is 15.6. The second-order valence-corrected chi connectivity index (χ2v) is 4.55. The first-order valence-electron chi connectivity index (χ1n) is 5.99. The van der Waals surface area contributed by atoms with Crippen LogP contribution in [0.1, 0.15) is 19.8 Å². The van der Waals surface area contributed by atoms with Gasteiger partial charge < -0.3 is 21.1 Å². The Morgan fingerprint density at radius 2 is 1.83 bits per heavy atom.